The zero-order chi connectivity index (χ0) is 11.8. The Labute approximate surface area is 97.2 Å². The van der Waals surface area contributed by atoms with Crippen molar-refractivity contribution in [2.75, 3.05) is 18.0 Å². The number of aromatic nitrogens is 4. The third-order valence-electron chi connectivity index (χ3n) is 3.20. The fraction of sp³-hybridized carbons (Fsp3) is 0.500. The van der Waals surface area contributed by atoms with Crippen LogP contribution in [0.15, 0.2) is 16.9 Å². The lowest BCUT2D eigenvalue weighted by atomic mass is 10.2. The zero-order valence-corrected chi connectivity index (χ0v) is 9.33. The van der Waals surface area contributed by atoms with Crippen molar-refractivity contribution in [2.24, 2.45) is 5.73 Å². The third-order valence-corrected chi connectivity index (χ3v) is 3.20. The number of rotatable bonds is 2. The summed E-state index contributed by atoms with van der Waals surface area (Å²) in [6.45, 7) is 1.55. The van der Waals surface area contributed by atoms with E-state index >= 15 is 0 Å². The Balaban J connectivity index is 2.05. The van der Waals surface area contributed by atoms with Gasteiger partial charge in [0.2, 0.25) is 0 Å². The number of nitrogens with two attached hydrogens (primary N) is 1. The molecule has 1 aliphatic heterocycles. The smallest absolute Gasteiger partial charge is 0.351 e. The highest BCUT2D eigenvalue weighted by molar-refractivity contribution is 5.46. The molecule has 3 rings (SSSR count). The first-order valence-corrected chi connectivity index (χ1v) is 5.71. The van der Waals surface area contributed by atoms with Gasteiger partial charge >= 0.3 is 5.69 Å². The lowest BCUT2D eigenvalue weighted by molar-refractivity contribution is 0.664. The Morgan fingerprint density at radius 1 is 1.53 bits per heavy atom. The van der Waals surface area contributed by atoms with Gasteiger partial charge < -0.3 is 10.6 Å². The normalized spacial score (nSPS) is 20.3. The minimum absolute atomic E-state index is 0.314. The first-order chi connectivity index (χ1) is 8.29. The molecule has 1 unspecified atom stereocenters. The average molecular weight is 234 g/mol. The van der Waals surface area contributed by atoms with Gasteiger partial charge in [-0.3, -0.25) is 0 Å². The van der Waals surface area contributed by atoms with Crippen LogP contribution in [0.3, 0.4) is 0 Å². The van der Waals surface area contributed by atoms with Crippen molar-refractivity contribution in [3.8, 4) is 0 Å². The average Bonchev–Trinajstić information content (AvgIpc) is 2.96. The van der Waals surface area contributed by atoms with Crippen LogP contribution in [0.1, 0.15) is 12.8 Å². The van der Waals surface area contributed by atoms with Crippen molar-refractivity contribution in [3.63, 3.8) is 0 Å². The van der Waals surface area contributed by atoms with Crippen molar-refractivity contribution in [3.05, 3.63) is 22.6 Å². The number of aromatic amines is 1. The highest BCUT2D eigenvalue weighted by Gasteiger charge is 2.24. The molecular weight excluding hydrogens is 220 g/mol. The second kappa shape index (κ2) is 3.85. The highest BCUT2D eigenvalue weighted by atomic mass is 16.2. The van der Waals surface area contributed by atoms with Gasteiger partial charge in [-0.1, -0.05) is 0 Å². The number of nitrogens with zero attached hydrogens (tertiary/aromatic N) is 4. The molecule has 0 bridgehead atoms. The van der Waals surface area contributed by atoms with Crippen LogP contribution in [-0.2, 0) is 0 Å². The first-order valence-electron chi connectivity index (χ1n) is 5.71. The van der Waals surface area contributed by atoms with Crippen LogP contribution in [0, 0.1) is 0 Å². The Morgan fingerprint density at radius 3 is 3.24 bits per heavy atom. The van der Waals surface area contributed by atoms with Gasteiger partial charge in [-0.25, -0.2) is 9.89 Å². The molecule has 3 heterocycles. The molecule has 1 saturated heterocycles. The molecule has 90 valence electrons. The Bertz CT molecular complexity index is 588. The maximum atomic E-state index is 11.4. The van der Waals surface area contributed by atoms with Gasteiger partial charge in [0.15, 0.2) is 5.65 Å². The van der Waals surface area contributed by atoms with Gasteiger partial charge in [0, 0.05) is 19.1 Å². The fourth-order valence-electron chi connectivity index (χ4n) is 2.33. The van der Waals surface area contributed by atoms with E-state index in [2.05, 4.69) is 20.2 Å². The molecule has 1 fully saturated rings. The fourth-order valence-corrected chi connectivity index (χ4v) is 2.33. The summed E-state index contributed by atoms with van der Waals surface area (Å²) in [4.78, 5) is 13.6. The minimum Gasteiger partial charge on any atom is -0.351 e. The van der Waals surface area contributed by atoms with Gasteiger partial charge in [-0.2, -0.15) is 9.61 Å². The molecule has 0 spiro atoms. The van der Waals surface area contributed by atoms with E-state index in [0.29, 0.717) is 18.2 Å². The summed E-state index contributed by atoms with van der Waals surface area (Å²) in [5.41, 5.74) is 5.94. The van der Waals surface area contributed by atoms with Gasteiger partial charge in [-0.15, -0.1) is 5.10 Å². The molecule has 1 atom stereocenters. The van der Waals surface area contributed by atoms with E-state index in [1.54, 1.807) is 6.07 Å². The molecule has 0 amide bonds. The highest BCUT2D eigenvalue weighted by Crippen LogP contribution is 2.22. The minimum atomic E-state index is -0.314. The largest absolute Gasteiger partial charge is 0.364 e. The van der Waals surface area contributed by atoms with Crippen LogP contribution >= 0.6 is 0 Å². The lowest BCUT2D eigenvalue weighted by Gasteiger charge is -2.23. The van der Waals surface area contributed by atoms with Crippen LogP contribution in [0.25, 0.3) is 5.65 Å². The predicted molar refractivity (Wildman–Crippen MR) is 63.0 cm³/mol. The molecule has 3 N–H and O–H groups in total. The Morgan fingerprint density at radius 2 is 2.41 bits per heavy atom. The summed E-state index contributed by atoms with van der Waals surface area (Å²) in [6, 6.07) is 3.98. The van der Waals surface area contributed by atoms with Crippen molar-refractivity contribution in [1.29, 1.82) is 0 Å². The van der Waals surface area contributed by atoms with E-state index in [-0.39, 0.29) is 5.69 Å². The standard InChI is InChI=1S/C10H14N6O/c11-6-7-2-1-5-15(7)9-4-3-8-12-13-10(17)16(8)14-9/h3-4,7H,1-2,5-6,11H2,(H,13,17). The van der Waals surface area contributed by atoms with Crippen LogP contribution in [0.2, 0.25) is 0 Å². The van der Waals surface area contributed by atoms with Gasteiger partial charge in [-0.05, 0) is 25.0 Å². The summed E-state index contributed by atoms with van der Waals surface area (Å²) in [6.07, 6.45) is 2.19. The number of anilines is 1. The van der Waals surface area contributed by atoms with E-state index in [9.17, 15) is 4.79 Å². The topological polar surface area (TPSA) is 92.3 Å². The Kier molecular flexibility index (Phi) is 2.32. The van der Waals surface area contributed by atoms with Crippen LogP contribution in [-0.4, -0.2) is 38.9 Å². The zero-order valence-electron chi connectivity index (χ0n) is 9.33. The van der Waals surface area contributed by atoms with E-state index in [0.717, 1.165) is 25.2 Å². The lowest BCUT2D eigenvalue weighted by Crippen LogP contribution is -2.36. The maximum Gasteiger partial charge on any atom is 0.364 e. The summed E-state index contributed by atoms with van der Waals surface area (Å²) >= 11 is 0. The first kappa shape index (κ1) is 10.3. The number of nitrogens with one attached hydrogen (secondary N) is 1. The molecular formula is C10H14N6O. The molecule has 1 aliphatic rings. The molecule has 17 heavy (non-hydrogen) atoms. The van der Waals surface area contributed by atoms with Crippen molar-refractivity contribution in [2.45, 2.75) is 18.9 Å². The SMILES string of the molecule is NCC1CCCN1c1ccc2n[nH]c(=O)n2n1. The van der Waals surface area contributed by atoms with E-state index in [1.807, 2.05) is 6.07 Å². The van der Waals surface area contributed by atoms with Crippen LogP contribution < -0.4 is 16.3 Å². The van der Waals surface area contributed by atoms with Crippen LogP contribution in [0.4, 0.5) is 5.82 Å². The molecule has 0 radical (unpaired) electrons. The van der Waals surface area contributed by atoms with Crippen molar-refractivity contribution in [1.82, 2.24) is 19.8 Å². The second-order valence-electron chi connectivity index (χ2n) is 4.22. The van der Waals surface area contributed by atoms with Crippen molar-refractivity contribution < 1.29 is 0 Å². The molecule has 7 nitrogen and oxygen atoms in total. The summed E-state index contributed by atoms with van der Waals surface area (Å²) in [5, 5.41) is 10.5. The van der Waals surface area contributed by atoms with Crippen molar-refractivity contribution >= 4 is 11.5 Å². The molecule has 0 saturated carbocycles. The van der Waals surface area contributed by atoms with E-state index in [1.165, 1.54) is 4.52 Å². The number of H-pyrrole nitrogens is 1. The van der Waals surface area contributed by atoms with E-state index < -0.39 is 0 Å². The maximum absolute atomic E-state index is 11.4. The number of hydrogen-bond acceptors (Lipinski definition) is 5. The monoisotopic (exact) mass is 234 g/mol. The van der Waals surface area contributed by atoms with Gasteiger partial charge in [0.05, 0.1) is 0 Å². The summed E-state index contributed by atoms with van der Waals surface area (Å²) in [7, 11) is 0. The van der Waals surface area contributed by atoms with E-state index in [4.69, 9.17) is 5.73 Å². The third kappa shape index (κ3) is 1.59. The molecule has 0 aromatic carbocycles. The summed E-state index contributed by atoms with van der Waals surface area (Å²) < 4.78 is 1.28. The molecule has 2 aromatic rings. The summed E-state index contributed by atoms with van der Waals surface area (Å²) in [5.74, 6) is 0.786. The van der Waals surface area contributed by atoms with Gasteiger partial charge in [0.1, 0.15) is 5.82 Å². The van der Waals surface area contributed by atoms with Crippen LogP contribution in [0.5, 0.6) is 0 Å². The molecule has 2 aromatic heterocycles. The van der Waals surface area contributed by atoms with Gasteiger partial charge in [0.25, 0.3) is 0 Å². The number of fused-ring (bicyclic) bond motifs is 1. The predicted octanol–water partition coefficient (Wildman–Crippen LogP) is -0.655. The quantitative estimate of drug-likeness (QED) is 0.720. The molecule has 7 heteroatoms. The number of hydrogen-bond donors (Lipinski definition) is 2. The second-order valence-corrected chi connectivity index (χ2v) is 4.22. The molecule has 0 aliphatic carbocycles. The Hall–Kier alpha value is -1.89.